The molecule has 0 radical (unpaired) electrons. The highest BCUT2D eigenvalue weighted by molar-refractivity contribution is 7.87. The number of hydrogen-bond acceptors (Lipinski definition) is 7. The van der Waals surface area contributed by atoms with E-state index in [9.17, 15) is 26.4 Å². The summed E-state index contributed by atoms with van der Waals surface area (Å²) in [5.74, 6) is -0.0271. The molecule has 0 saturated carbocycles. The van der Waals surface area contributed by atoms with E-state index in [-0.39, 0.29) is 6.54 Å². The van der Waals surface area contributed by atoms with Crippen LogP contribution in [0, 0.1) is 13.8 Å². The first kappa shape index (κ1) is 17.8. The summed E-state index contributed by atoms with van der Waals surface area (Å²) in [6.45, 7) is 3.18. The molecule has 130 valence electrons. The van der Waals surface area contributed by atoms with Crippen LogP contribution < -0.4 is 9.87 Å². The largest absolute Gasteiger partial charge is 0.534 e. The number of pyridine rings is 1. The second-order valence-corrected chi connectivity index (χ2v) is 6.21. The molecule has 0 saturated heterocycles. The zero-order valence-electron chi connectivity index (χ0n) is 12.4. The van der Waals surface area contributed by atoms with Crippen LogP contribution in [0.1, 0.15) is 17.2 Å². The van der Waals surface area contributed by atoms with Gasteiger partial charge in [0.1, 0.15) is 11.6 Å². The number of aryl methyl sites for hydroxylation is 2. The van der Waals surface area contributed by atoms with Gasteiger partial charge in [0.05, 0.1) is 6.54 Å². The van der Waals surface area contributed by atoms with Gasteiger partial charge in [0, 0.05) is 12.3 Å². The topological polar surface area (TPSA) is 104 Å². The Morgan fingerprint density at radius 3 is 2.38 bits per heavy atom. The van der Waals surface area contributed by atoms with Crippen molar-refractivity contribution >= 4 is 10.1 Å². The van der Waals surface area contributed by atoms with Gasteiger partial charge >= 0.3 is 21.3 Å². The van der Waals surface area contributed by atoms with Crippen molar-refractivity contribution in [3.63, 3.8) is 0 Å². The van der Waals surface area contributed by atoms with Crippen molar-refractivity contribution in [3.8, 4) is 5.88 Å². The average molecular weight is 364 g/mol. The first-order valence-corrected chi connectivity index (χ1v) is 7.78. The van der Waals surface area contributed by atoms with E-state index in [4.69, 9.17) is 0 Å². The maximum atomic E-state index is 12.2. The molecule has 2 aromatic rings. The number of alkyl halides is 3. The molecule has 0 atom stereocenters. The lowest BCUT2D eigenvalue weighted by molar-refractivity contribution is -0.0501. The molecule has 2 rings (SSSR count). The van der Waals surface area contributed by atoms with Gasteiger partial charge in [-0.3, -0.25) is 4.57 Å². The summed E-state index contributed by atoms with van der Waals surface area (Å²) in [4.78, 5) is 23.0. The molecule has 2 heterocycles. The highest BCUT2D eigenvalue weighted by Gasteiger charge is 2.48. The van der Waals surface area contributed by atoms with E-state index in [1.165, 1.54) is 10.6 Å². The van der Waals surface area contributed by atoms with Gasteiger partial charge in [0.25, 0.3) is 0 Å². The van der Waals surface area contributed by atoms with Crippen LogP contribution >= 0.6 is 0 Å². The predicted molar refractivity (Wildman–Crippen MR) is 74.7 cm³/mol. The standard InChI is InChI=1S/C12H11F3N4O4S/c1-7-17-8(2)19(11(20)18-7)6-9-3-4-10(16-5-9)23-24(21,22)12(13,14)15/h3-5H,6H2,1-2H3. The molecule has 0 unspecified atom stereocenters. The Bertz CT molecular complexity index is 907. The van der Waals surface area contributed by atoms with Crippen LogP contribution in [0.4, 0.5) is 13.2 Å². The molecule has 0 fully saturated rings. The van der Waals surface area contributed by atoms with Crippen molar-refractivity contribution in [1.82, 2.24) is 19.5 Å². The summed E-state index contributed by atoms with van der Waals surface area (Å²) in [6, 6.07) is 2.23. The van der Waals surface area contributed by atoms with E-state index in [1.807, 2.05) is 0 Å². The van der Waals surface area contributed by atoms with Gasteiger partial charge < -0.3 is 4.18 Å². The molecule has 0 aromatic carbocycles. The molecule has 24 heavy (non-hydrogen) atoms. The van der Waals surface area contributed by atoms with Gasteiger partial charge in [0.2, 0.25) is 5.88 Å². The SMILES string of the molecule is Cc1nc(C)n(Cc2ccc(OS(=O)(=O)C(F)(F)F)nc2)c(=O)n1. The van der Waals surface area contributed by atoms with Crippen molar-refractivity contribution in [3.05, 3.63) is 46.0 Å². The van der Waals surface area contributed by atoms with E-state index in [2.05, 4.69) is 19.1 Å². The van der Waals surface area contributed by atoms with Crippen molar-refractivity contribution in [2.75, 3.05) is 0 Å². The second-order valence-electron chi connectivity index (χ2n) is 4.67. The Kier molecular flexibility index (Phi) is 4.60. The fourth-order valence-electron chi connectivity index (χ4n) is 1.73. The van der Waals surface area contributed by atoms with Crippen LogP contribution in [0.3, 0.4) is 0 Å². The molecule has 0 spiro atoms. The minimum atomic E-state index is -5.78. The molecule has 0 bridgehead atoms. The quantitative estimate of drug-likeness (QED) is 0.587. The fraction of sp³-hybridized carbons (Fsp3) is 0.333. The van der Waals surface area contributed by atoms with Crippen molar-refractivity contribution < 1.29 is 25.8 Å². The molecular formula is C12H11F3N4O4S. The predicted octanol–water partition coefficient (Wildman–Crippen LogP) is 0.927. The lowest BCUT2D eigenvalue weighted by Crippen LogP contribution is -2.28. The van der Waals surface area contributed by atoms with Crippen LogP contribution in [0.25, 0.3) is 0 Å². The molecule has 12 heteroatoms. The highest BCUT2D eigenvalue weighted by Crippen LogP contribution is 2.25. The summed E-state index contributed by atoms with van der Waals surface area (Å²) in [6.07, 6.45) is 1.09. The summed E-state index contributed by atoms with van der Waals surface area (Å²) < 4.78 is 63.5. The second kappa shape index (κ2) is 6.19. The van der Waals surface area contributed by atoms with E-state index < -0.39 is 27.2 Å². The minimum absolute atomic E-state index is 0.0181. The van der Waals surface area contributed by atoms with Crippen LogP contribution in [0.5, 0.6) is 5.88 Å². The maximum Gasteiger partial charge on any atom is 0.534 e. The first-order valence-electron chi connectivity index (χ1n) is 6.37. The van der Waals surface area contributed by atoms with Gasteiger partial charge in [-0.1, -0.05) is 6.07 Å². The Labute approximate surface area is 134 Å². The number of hydrogen-bond donors (Lipinski definition) is 0. The zero-order valence-corrected chi connectivity index (χ0v) is 13.2. The molecule has 2 aromatic heterocycles. The van der Waals surface area contributed by atoms with E-state index in [1.54, 1.807) is 13.8 Å². The molecule has 8 nitrogen and oxygen atoms in total. The number of aromatic nitrogens is 4. The molecule has 0 aliphatic heterocycles. The third kappa shape index (κ3) is 3.88. The lowest BCUT2D eigenvalue weighted by Gasteiger charge is -2.10. The van der Waals surface area contributed by atoms with Gasteiger partial charge in [-0.25, -0.2) is 14.8 Å². The molecule has 0 aliphatic carbocycles. The molecule has 0 amide bonds. The molecular weight excluding hydrogens is 353 g/mol. The summed E-state index contributed by atoms with van der Waals surface area (Å²) >= 11 is 0. The Balaban J connectivity index is 2.21. The smallest absolute Gasteiger partial charge is 0.355 e. The van der Waals surface area contributed by atoms with Crippen molar-refractivity contribution in [1.29, 1.82) is 0 Å². The monoisotopic (exact) mass is 364 g/mol. The number of rotatable bonds is 4. The van der Waals surface area contributed by atoms with Gasteiger partial charge in [-0.05, 0) is 19.4 Å². The summed E-state index contributed by atoms with van der Waals surface area (Å²) in [7, 11) is -5.78. The third-order valence-corrected chi connectivity index (χ3v) is 3.78. The highest BCUT2D eigenvalue weighted by atomic mass is 32.2. The summed E-state index contributed by atoms with van der Waals surface area (Å²) in [5, 5.41) is 0. The molecule has 0 aliphatic rings. The Hall–Kier alpha value is -2.50. The van der Waals surface area contributed by atoms with Crippen molar-refractivity contribution in [2.45, 2.75) is 25.9 Å². The third-order valence-electron chi connectivity index (χ3n) is 2.82. The van der Waals surface area contributed by atoms with E-state index in [0.717, 1.165) is 12.3 Å². The van der Waals surface area contributed by atoms with Gasteiger partial charge in [-0.2, -0.15) is 26.6 Å². The number of halogens is 3. The van der Waals surface area contributed by atoms with Crippen LogP contribution in [0.15, 0.2) is 23.1 Å². The van der Waals surface area contributed by atoms with Crippen LogP contribution in [-0.4, -0.2) is 33.4 Å². The lowest BCUT2D eigenvalue weighted by atomic mass is 10.3. The van der Waals surface area contributed by atoms with Gasteiger partial charge in [-0.15, -0.1) is 0 Å². The maximum absolute atomic E-state index is 12.2. The van der Waals surface area contributed by atoms with Crippen LogP contribution in [-0.2, 0) is 16.7 Å². The zero-order chi connectivity index (χ0) is 18.1. The van der Waals surface area contributed by atoms with E-state index in [0.29, 0.717) is 17.2 Å². The average Bonchev–Trinajstić information content (AvgIpc) is 2.43. The first-order chi connectivity index (χ1) is 11.0. The summed E-state index contributed by atoms with van der Waals surface area (Å²) in [5.41, 5.74) is -5.67. The van der Waals surface area contributed by atoms with Crippen molar-refractivity contribution in [2.24, 2.45) is 0 Å². The van der Waals surface area contributed by atoms with Gasteiger partial charge in [0.15, 0.2) is 0 Å². The fourth-order valence-corrected chi connectivity index (χ4v) is 2.15. The van der Waals surface area contributed by atoms with Crippen LogP contribution in [0.2, 0.25) is 0 Å². The number of nitrogens with zero attached hydrogens (tertiary/aromatic N) is 4. The minimum Gasteiger partial charge on any atom is -0.355 e. The van der Waals surface area contributed by atoms with E-state index >= 15 is 0 Å². The normalized spacial score (nSPS) is 12.2. The Morgan fingerprint density at radius 1 is 1.21 bits per heavy atom. The Morgan fingerprint density at radius 2 is 1.88 bits per heavy atom. The molecule has 0 N–H and O–H groups in total.